The summed E-state index contributed by atoms with van der Waals surface area (Å²) in [4.78, 5) is 2.33. The van der Waals surface area contributed by atoms with Gasteiger partial charge in [0.15, 0.2) is 0 Å². The van der Waals surface area contributed by atoms with Crippen molar-refractivity contribution in [2.75, 3.05) is 32.1 Å². The molecule has 0 fully saturated rings. The highest BCUT2D eigenvalue weighted by Crippen LogP contribution is 2.34. The maximum Gasteiger partial charge on any atom is 0.142 e. The van der Waals surface area contributed by atoms with Crippen molar-refractivity contribution in [2.24, 2.45) is 0 Å². The third-order valence-electron chi connectivity index (χ3n) is 3.20. The largest absolute Gasteiger partial charge is 0.489 e. The number of likely N-dealkylation sites (N-methyl/N-ethyl adjacent to an activating group) is 1. The van der Waals surface area contributed by atoms with Crippen LogP contribution in [0.25, 0.3) is 0 Å². The molecule has 1 aromatic rings. The number of anilines is 1. The van der Waals surface area contributed by atoms with Crippen LogP contribution in [0.4, 0.5) is 5.69 Å². The lowest BCUT2D eigenvalue weighted by Gasteiger charge is -2.36. The summed E-state index contributed by atoms with van der Waals surface area (Å²) in [5.41, 5.74) is 2.46. The molecule has 1 aliphatic heterocycles. The number of aryl methyl sites for hydroxylation is 1. The molecule has 1 atom stereocenters. The molecule has 3 heteroatoms. The highest BCUT2D eigenvalue weighted by Gasteiger charge is 2.23. The molecule has 0 spiro atoms. The molecule has 0 saturated heterocycles. The summed E-state index contributed by atoms with van der Waals surface area (Å²) >= 11 is 0. The summed E-state index contributed by atoms with van der Waals surface area (Å²) in [6.07, 6.45) is 1.11. The molecule has 0 aromatic heterocycles. The quantitative estimate of drug-likeness (QED) is 0.840. The molecule has 1 aliphatic rings. The molecule has 2 rings (SSSR count). The Hall–Kier alpha value is -1.22. The van der Waals surface area contributed by atoms with Crippen molar-refractivity contribution in [3.8, 4) is 5.75 Å². The van der Waals surface area contributed by atoms with E-state index < -0.39 is 0 Å². The average Bonchev–Trinajstić information content (AvgIpc) is 2.28. The van der Waals surface area contributed by atoms with Crippen LogP contribution in [0.2, 0.25) is 0 Å². The summed E-state index contributed by atoms with van der Waals surface area (Å²) in [7, 11) is 4.14. The SMILES string of the molecule is CNCCC1COc2cc(C)ccc2N1C. The van der Waals surface area contributed by atoms with Crippen LogP contribution in [0.15, 0.2) is 18.2 Å². The Morgan fingerprint density at radius 1 is 1.50 bits per heavy atom. The predicted octanol–water partition coefficient (Wildman–Crippen LogP) is 1.80. The molecule has 0 saturated carbocycles. The van der Waals surface area contributed by atoms with Crippen LogP contribution < -0.4 is 15.0 Å². The maximum atomic E-state index is 5.81. The highest BCUT2D eigenvalue weighted by molar-refractivity contribution is 5.61. The first-order chi connectivity index (χ1) is 7.72. The Balaban J connectivity index is 2.15. The molecular weight excluding hydrogens is 200 g/mol. The van der Waals surface area contributed by atoms with Crippen molar-refractivity contribution in [2.45, 2.75) is 19.4 Å². The summed E-state index contributed by atoms with van der Waals surface area (Å²) in [6, 6.07) is 6.87. The lowest BCUT2D eigenvalue weighted by molar-refractivity contribution is 0.259. The van der Waals surface area contributed by atoms with Crippen molar-refractivity contribution >= 4 is 5.69 Å². The molecule has 16 heavy (non-hydrogen) atoms. The van der Waals surface area contributed by atoms with E-state index >= 15 is 0 Å². The van der Waals surface area contributed by atoms with E-state index in [1.807, 2.05) is 7.05 Å². The van der Waals surface area contributed by atoms with Gasteiger partial charge in [0, 0.05) is 7.05 Å². The summed E-state index contributed by atoms with van der Waals surface area (Å²) in [5.74, 6) is 1.02. The smallest absolute Gasteiger partial charge is 0.142 e. The number of fused-ring (bicyclic) bond motifs is 1. The fourth-order valence-electron chi connectivity index (χ4n) is 2.11. The van der Waals surface area contributed by atoms with Crippen molar-refractivity contribution in [1.29, 1.82) is 0 Å². The minimum Gasteiger partial charge on any atom is -0.489 e. The van der Waals surface area contributed by atoms with Gasteiger partial charge in [-0.05, 0) is 44.6 Å². The van der Waals surface area contributed by atoms with Gasteiger partial charge in [0.2, 0.25) is 0 Å². The molecule has 1 aromatic carbocycles. The van der Waals surface area contributed by atoms with Crippen LogP contribution in [0, 0.1) is 6.92 Å². The molecular formula is C13H20N2O. The number of benzene rings is 1. The first-order valence-corrected chi connectivity index (χ1v) is 5.83. The zero-order valence-corrected chi connectivity index (χ0v) is 10.3. The van der Waals surface area contributed by atoms with Gasteiger partial charge in [0.05, 0.1) is 11.7 Å². The van der Waals surface area contributed by atoms with Gasteiger partial charge < -0.3 is 15.0 Å². The maximum absolute atomic E-state index is 5.81. The van der Waals surface area contributed by atoms with Gasteiger partial charge in [-0.25, -0.2) is 0 Å². The van der Waals surface area contributed by atoms with E-state index in [-0.39, 0.29) is 0 Å². The first-order valence-electron chi connectivity index (χ1n) is 5.83. The Kier molecular flexibility index (Phi) is 3.34. The van der Waals surface area contributed by atoms with Gasteiger partial charge in [-0.3, -0.25) is 0 Å². The van der Waals surface area contributed by atoms with Crippen LogP contribution in [-0.2, 0) is 0 Å². The van der Waals surface area contributed by atoms with Crippen LogP contribution >= 0.6 is 0 Å². The molecule has 88 valence electrons. The van der Waals surface area contributed by atoms with Gasteiger partial charge in [-0.1, -0.05) is 6.07 Å². The fraction of sp³-hybridized carbons (Fsp3) is 0.538. The van der Waals surface area contributed by atoms with Gasteiger partial charge in [-0.2, -0.15) is 0 Å². The molecule has 0 radical (unpaired) electrons. The highest BCUT2D eigenvalue weighted by atomic mass is 16.5. The lowest BCUT2D eigenvalue weighted by Crippen LogP contribution is -2.41. The fourth-order valence-corrected chi connectivity index (χ4v) is 2.11. The second-order valence-electron chi connectivity index (χ2n) is 4.44. The van der Waals surface area contributed by atoms with Gasteiger partial charge in [0.1, 0.15) is 12.4 Å². The van der Waals surface area contributed by atoms with Crippen LogP contribution in [0.1, 0.15) is 12.0 Å². The van der Waals surface area contributed by atoms with E-state index in [2.05, 4.69) is 42.4 Å². The molecule has 0 bridgehead atoms. The van der Waals surface area contributed by atoms with E-state index in [0.29, 0.717) is 6.04 Å². The summed E-state index contributed by atoms with van der Waals surface area (Å²) < 4.78 is 5.81. The lowest BCUT2D eigenvalue weighted by atomic mass is 10.1. The number of ether oxygens (including phenoxy) is 1. The minimum absolute atomic E-state index is 0.475. The Labute approximate surface area is 97.4 Å². The van der Waals surface area contributed by atoms with Crippen molar-refractivity contribution < 1.29 is 4.74 Å². The zero-order valence-electron chi connectivity index (χ0n) is 10.3. The average molecular weight is 220 g/mol. The Morgan fingerprint density at radius 2 is 2.31 bits per heavy atom. The monoisotopic (exact) mass is 220 g/mol. The number of hydrogen-bond acceptors (Lipinski definition) is 3. The van der Waals surface area contributed by atoms with E-state index in [1.54, 1.807) is 0 Å². The third-order valence-corrected chi connectivity index (χ3v) is 3.20. The predicted molar refractivity (Wildman–Crippen MR) is 67.4 cm³/mol. The number of rotatable bonds is 3. The van der Waals surface area contributed by atoms with E-state index in [1.165, 1.54) is 11.3 Å². The zero-order chi connectivity index (χ0) is 11.5. The third kappa shape index (κ3) is 2.14. The van der Waals surface area contributed by atoms with Crippen LogP contribution in [0.5, 0.6) is 5.75 Å². The molecule has 1 heterocycles. The standard InChI is InChI=1S/C13H20N2O/c1-10-4-5-12-13(8-10)16-9-11(15(12)3)6-7-14-2/h4-5,8,11,14H,6-7,9H2,1-3H3. The number of nitrogens with zero attached hydrogens (tertiary/aromatic N) is 1. The van der Waals surface area contributed by atoms with Gasteiger partial charge in [0.25, 0.3) is 0 Å². The molecule has 1 unspecified atom stereocenters. The molecule has 0 aliphatic carbocycles. The molecule has 1 N–H and O–H groups in total. The Bertz CT molecular complexity index is 365. The van der Waals surface area contributed by atoms with Crippen LogP contribution in [-0.4, -0.2) is 33.3 Å². The van der Waals surface area contributed by atoms with E-state index in [0.717, 1.165) is 25.3 Å². The van der Waals surface area contributed by atoms with Crippen LogP contribution in [0.3, 0.4) is 0 Å². The van der Waals surface area contributed by atoms with Gasteiger partial charge >= 0.3 is 0 Å². The number of hydrogen-bond donors (Lipinski definition) is 1. The Morgan fingerprint density at radius 3 is 3.06 bits per heavy atom. The van der Waals surface area contributed by atoms with Crippen molar-refractivity contribution in [3.63, 3.8) is 0 Å². The van der Waals surface area contributed by atoms with Crippen molar-refractivity contribution in [3.05, 3.63) is 23.8 Å². The topological polar surface area (TPSA) is 24.5 Å². The molecule has 0 amide bonds. The normalized spacial score (nSPS) is 19.2. The first kappa shape index (κ1) is 11.3. The van der Waals surface area contributed by atoms with E-state index in [4.69, 9.17) is 4.74 Å². The second kappa shape index (κ2) is 4.74. The van der Waals surface area contributed by atoms with Gasteiger partial charge in [-0.15, -0.1) is 0 Å². The summed E-state index contributed by atoms with van der Waals surface area (Å²) in [6.45, 7) is 3.91. The number of nitrogens with one attached hydrogen (secondary N) is 1. The second-order valence-corrected chi connectivity index (χ2v) is 4.44. The summed E-state index contributed by atoms with van der Waals surface area (Å²) in [5, 5.41) is 3.19. The molecule has 3 nitrogen and oxygen atoms in total. The van der Waals surface area contributed by atoms with E-state index in [9.17, 15) is 0 Å². The van der Waals surface area contributed by atoms with Crippen molar-refractivity contribution in [1.82, 2.24) is 5.32 Å². The minimum atomic E-state index is 0.475.